The third-order valence-corrected chi connectivity index (χ3v) is 5.82. The molecule has 0 aliphatic rings. The molecule has 4 heterocycles. The summed E-state index contributed by atoms with van der Waals surface area (Å²) in [5.74, 6) is 1.23. The molecule has 0 radical (unpaired) electrons. The molecule has 0 bridgehead atoms. The second kappa shape index (κ2) is 8.00. The van der Waals surface area contributed by atoms with E-state index < -0.39 is 0 Å². The molecule has 148 valence electrons. The van der Waals surface area contributed by atoms with Crippen LogP contribution in [-0.2, 0) is 12.3 Å². The minimum absolute atomic E-state index is 0.138. The molecule has 0 spiro atoms. The van der Waals surface area contributed by atoms with Gasteiger partial charge in [0.2, 0.25) is 0 Å². The van der Waals surface area contributed by atoms with Crippen molar-refractivity contribution in [3.05, 3.63) is 96.3 Å². The van der Waals surface area contributed by atoms with Crippen molar-refractivity contribution in [3.8, 4) is 0 Å². The number of carbonyl (C=O) groups is 1. The number of rotatable bonds is 6. The van der Waals surface area contributed by atoms with E-state index in [0.717, 1.165) is 21.9 Å². The van der Waals surface area contributed by atoms with Gasteiger partial charge in [0, 0.05) is 29.2 Å². The molecular formula is C22H18N6OS. The molecule has 0 aliphatic heterocycles. The summed E-state index contributed by atoms with van der Waals surface area (Å²) in [4.78, 5) is 18.4. The number of pyridine rings is 2. The Kier molecular flexibility index (Phi) is 4.90. The highest BCUT2D eigenvalue weighted by Gasteiger charge is 2.13. The van der Waals surface area contributed by atoms with Crippen molar-refractivity contribution >= 4 is 29.0 Å². The van der Waals surface area contributed by atoms with Gasteiger partial charge in [-0.05, 0) is 36.4 Å². The highest BCUT2D eigenvalue weighted by molar-refractivity contribution is 7.98. The lowest BCUT2D eigenvalue weighted by Crippen LogP contribution is -2.24. The summed E-state index contributed by atoms with van der Waals surface area (Å²) in [6.07, 6.45) is 5.88. The van der Waals surface area contributed by atoms with Gasteiger partial charge in [0.1, 0.15) is 5.65 Å². The zero-order chi connectivity index (χ0) is 20.3. The van der Waals surface area contributed by atoms with Crippen LogP contribution in [0.4, 0.5) is 0 Å². The number of nitrogens with zero attached hydrogens (tertiary/aromatic N) is 5. The number of hydrogen-bond donors (Lipinski definition) is 1. The van der Waals surface area contributed by atoms with Crippen molar-refractivity contribution in [2.45, 2.75) is 17.2 Å². The van der Waals surface area contributed by atoms with Crippen LogP contribution < -0.4 is 5.32 Å². The number of hydrogen-bond acceptors (Lipinski definition) is 5. The normalized spacial score (nSPS) is 11.2. The van der Waals surface area contributed by atoms with Crippen LogP contribution in [0.5, 0.6) is 0 Å². The van der Waals surface area contributed by atoms with Gasteiger partial charge in [0.15, 0.2) is 11.5 Å². The topological polar surface area (TPSA) is 76.6 Å². The van der Waals surface area contributed by atoms with Gasteiger partial charge in [-0.3, -0.25) is 9.20 Å². The van der Waals surface area contributed by atoms with E-state index in [4.69, 9.17) is 0 Å². The Morgan fingerprint density at radius 2 is 1.73 bits per heavy atom. The Labute approximate surface area is 176 Å². The summed E-state index contributed by atoms with van der Waals surface area (Å²) < 4.78 is 3.86. The van der Waals surface area contributed by atoms with E-state index in [1.54, 1.807) is 11.8 Å². The zero-order valence-electron chi connectivity index (χ0n) is 16.0. The van der Waals surface area contributed by atoms with E-state index in [-0.39, 0.29) is 5.91 Å². The van der Waals surface area contributed by atoms with Crippen LogP contribution in [0.2, 0.25) is 0 Å². The van der Waals surface area contributed by atoms with Gasteiger partial charge in [-0.15, -0.1) is 22.0 Å². The van der Waals surface area contributed by atoms with Crippen molar-refractivity contribution in [2.24, 2.45) is 0 Å². The number of nitrogens with one attached hydrogen (secondary N) is 1. The quantitative estimate of drug-likeness (QED) is 0.430. The zero-order valence-corrected chi connectivity index (χ0v) is 16.8. The SMILES string of the molecule is O=C(NCc1nnc2ccccn12)c1ccccc1SCc1cn2ccccc2n1. The molecule has 0 fully saturated rings. The predicted octanol–water partition coefficient (Wildman–Crippen LogP) is 3.60. The van der Waals surface area contributed by atoms with Crippen LogP contribution >= 0.6 is 11.8 Å². The van der Waals surface area contributed by atoms with Crippen molar-refractivity contribution < 1.29 is 4.79 Å². The molecule has 5 aromatic rings. The van der Waals surface area contributed by atoms with Crippen LogP contribution in [0.1, 0.15) is 21.9 Å². The number of carbonyl (C=O) groups excluding carboxylic acids is 1. The van der Waals surface area contributed by atoms with E-state index in [9.17, 15) is 4.79 Å². The van der Waals surface area contributed by atoms with Crippen molar-refractivity contribution in [1.82, 2.24) is 29.3 Å². The predicted molar refractivity (Wildman–Crippen MR) is 115 cm³/mol. The fraction of sp³-hybridized carbons (Fsp3) is 0.0909. The fourth-order valence-corrected chi connectivity index (χ4v) is 4.19. The first kappa shape index (κ1) is 18.4. The molecule has 0 atom stereocenters. The highest BCUT2D eigenvalue weighted by Crippen LogP contribution is 2.26. The lowest BCUT2D eigenvalue weighted by Gasteiger charge is -2.09. The first-order valence-corrected chi connectivity index (χ1v) is 10.5. The molecule has 1 aromatic carbocycles. The molecule has 0 aliphatic carbocycles. The number of amides is 1. The summed E-state index contributed by atoms with van der Waals surface area (Å²) in [6, 6.07) is 19.2. The van der Waals surface area contributed by atoms with Crippen LogP contribution in [0.3, 0.4) is 0 Å². The Morgan fingerprint density at radius 1 is 0.933 bits per heavy atom. The summed E-state index contributed by atoms with van der Waals surface area (Å²) in [5, 5.41) is 11.2. The highest BCUT2D eigenvalue weighted by atomic mass is 32.2. The van der Waals surface area contributed by atoms with E-state index in [0.29, 0.717) is 23.7 Å². The third kappa shape index (κ3) is 3.65. The Morgan fingerprint density at radius 3 is 2.63 bits per heavy atom. The number of imidazole rings is 1. The molecule has 1 amide bonds. The molecule has 0 unspecified atom stereocenters. The van der Waals surface area contributed by atoms with Crippen LogP contribution in [-0.4, -0.2) is 29.9 Å². The van der Waals surface area contributed by atoms with Crippen LogP contribution in [0.15, 0.2) is 84.1 Å². The van der Waals surface area contributed by atoms with Gasteiger partial charge in [0.05, 0.1) is 17.8 Å². The maximum Gasteiger partial charge on any atom is 0.252 e. The average Bonchev–Trinajstić information content (AvgIpc) is 3.40. The number of benzene rings is 1. The largest absolute Gasteiger partial charge is 0.345 e. The monoisotopic (exact) mass is 414 g/mol. The lowest BCUT2D eigenvalue weighted by molar-refractivity contribution is 0.0947. The second-order valence-electron chi connectivity index (χ2n) is 6.71. The van der Waals surface area contributed by atoms with Gasteiger partial charge in [-0.25, -0.2) is 4.98 Å². The summed E-state index contributed by atoms with van der Waals surface area (Å²) in [7, 11) is 0. The van der Waals surface area contributed by atoms with Gasteiger partial charge in [-0.2, -0.15) is 0 Å². The van der Waals surface area contributed by atoms with Gasteiger partial charge >= 0.3 is 0 Å². The minimum Gasteiger partial charge on any atom is -0.345 e. The fourth-order valence-electron chi connectivity index (χ4n) is 3.25. The maximum absolute atomic E-state index is 12.8. The number of aromatic nitrogens is 5. The van der Waals surface area contributed by atoms with Crippen LogP contribution in [0, 0.1) is 0 Å². The van der Waals surface area contributed by atoms with Gasteiger partial charge in [-0.1, -0.05) is 24.3 Å². The third-order valence-electron chi connectivity index (χ3n) is 4.71. The molecule has 7 nitrogen and oxygen atoms in total. The van der Waals surface area contributed by atoms with Crippen molar-refractivity contribution in [2.75, 3.05) is 0 Å². The second-order valence-corrected chi connectivity index (χ2v) is 7.73. The summed E-state index contributed by atoms with van der Waals surface area (Å²) in [6.45, 7) is 0.301. The number of thioether (sulfide) groups is 1. The number of fused-ring (bicyclic) bond motifs is 2. The molecule has 5 rings (SSSR count). The first-order valence-electron chi connectivity index (χ1n) is 9.49. The van der Waals surface area contributed by atoms with E-state index in [1.165, 1.54) is 0 Å². The minimum atomic E-state index is -0.138. The van der Waals surface area contributed by atoms with Crippen LogP contribution in [0.25, 0.3) is 11.3 Å². The van der Waals surface area contributed by atoms with Crippen molar-refractivity contribution in [1.29, 1.82) is 0 Å². The Bertz CT molecular complexity index is 1310. The molecule has 8 heteroatoms. The molecule has 0 saturated carbocycles. The maximum atomic E-state index is 12.8. The molecule has 1 N–H and O–H groups in total. The Hall–Kier alpha value is -3.65. The van der Waals surface area contributed by atoms with Gasteiger partial charge < -0.3 is 9.72 Å². The van der Waals surface area contributed by atoms with Gasteiger partial charge in [0.25, 0.3) is 5.91 Å². The standard InChI is InChI=1S/C22H18N6OS/c29-22(23-13-21-26-25-20-10-4-6-12-28(20)21)17-7-1-2-8-18(17)30-15-16-14-27-11-5-3-9-19(27)24-16/h1-12,14H,13,15H2,(H,23,29). The van der Waals surface area contributed by atoms with E-state index in [2.05, 4.69) is 20.5 Å². The smallest absolute Gasteiger partial charge is 0.252 e. The lowest BCUT2D eigenvalue weighted by atomic mass is 10.2. The molecular weight excluding hydrogens is 396 g/mol. The summed E-state index contributed by atoms with van der Waals surface area (Å²) >= 11 is 1.60. The van der Waals surface area contributed by atoms with E-state index in [1.807, 2.05) is 88.1 Å². The first-order chi connectivity index (χ1) is 14.8. The van der Waals surface area contributed by atoms with Crippen molar-refractivity contribution in [3.63, 3.8) is 0 Å². The molecule has 0 saturated heterocycles. The summed E-state index contributed by atoms with van der Waals surface area (Å²) in [5.41, 5.74) is 3.28. The Balaban J connectivity index is 1.29. The average molecular weight is 414 g/mol. The molecule has 30 heavy (non-hydrogen) atoms. The van der Waals surface area contributed by atoms with E-state index >= 15 is 0 Å². The molecule has 4 aromatic heterocycles.